The smallest absolute Gasteiger partial charge is 0.264 e. The Morgan fingerprint density at radius 2 is 1.58 bits per heavy atom. The maximum absolute atomic E-state index is 10.7. The van der Waals surface area contributed by atoms with E-state index in [9.17, 15) is 8.42 Å². The summed E-state index contributed by atoms with van der Waals surface area (Å²) in [5.41, 5.74) is 13.7. The molecule has 0 aromatic heterocycles. The van der Waals surface area contributed by atoms with Gasteiger partial charge in [-0.05, 0) is 50.2 Å². The molecule has 0 bridgehead atoms. The van der Waals surface area contributed by atoms with Crippen LogP contribution in [0.1, 0.15) is 52.5 Å². The number of nitrogens with two attached hydrogens (primary N) is 2. The second kappa shape index (κ2) is 18.5. The summed E-state index contributed by atoms with van der Waals surface area (Å²) in [5, 5.41) is 3.26. The van der Waals surface area contributed by atoms with Gasteiger partial charge in [0, 0.05) is 17.4 Å². The van der Waals surface area contributed by atoms with Crippen LogP contribution in [0.4, 0.5) is 17.1 Å². The molecule has 0 aliphatic heterocycles. The SMILES string of the molecule is CC.CCCC.CN.Cc1cccc(Nc2ccc(N)c(OCCCS(=O)(=O)O)c2)c1. The number of hydrogen-bond donors (Lipinski definition) is 4. The molecule has 0 aliphatic carbocycles. The number of benzene rings is 2. The summed E-state index contributed by atoms with van der Waals surface area (Å²) in [4.78, 5) is 0. The van der Waals surface area contributed by atoms with Crippen molar-refractivity contribution in [2.45, 2.75) is 53.9 Å². The lowest BCUT2D eigenvalue weighted by atomic mass is 10.2. The molecule has 2 rings (SSSR count). The maximum Gasteiger partial charge on any atom is 0.264 e. The van der Waals surface area contributed by atoms with Crippen LogP contribution in [-0.2, 0) is 10.1 Å². The molecule has 0 atom stereocenters. The molecular formula is C23H41N3O4S. The summed E-state index contributed by atoms with van der Waals surface area (Å²) in [7, 11) is -2.47. The van der Waals surface area contributed by atoms with Gasteiger partial charge in [0.05, 0.1) is 18.0 Å². The van der Waals surface area contributed by atoms with E-state index in [2.05, 4.69) is 24.9 Å². The van der Waals surface area contributed by atoms with Crippen molar-refractivity contribution in [1.82, 2.24) is 0 Å². The third-order valence-corrected chi connectivity index (χ3v) is 4.43. The first-order valence-electron chi connectivity index (χ1n) is 10.6. The van der Waals surface area contributed by atoms with Gasteiger partial charge in [-0.25, -0.2) is 0 Å². The highest BCUT2D eigenvalue weighted by Crippen LogP contribution is 2.27. The first-order chi connectivity index (χ1) is 14.7. The highest BCUT2D eigenvalue weighted by molar-refractivity contribution is 7.85. The summed E-state index contributed by atoms with van der Waals surface area (Å²) in [6, 6.07) is 13.3. The van der Waals surface area contributed by atoms with E-state index >= 15 is 0 Å². The van der Waals surface area contributed by atoms with Gasteiger partial charge in [0.25, 0.3) is 10.1 Å². The molecule has 0 radical (unpaired) electrons. The van der Waals surface area contributed by atoms with Crippen LogP contribution in [0.3, 0.4) is 0 Å². The zero-order chi connectivity index (χ0) is 24.3. The molecule has 0 spiro atoms. The van der Waals surface area contributed by atoms with Crippen molar-refractivity contribution in [3.63, 3.8) is 0 Å². The lowest BCUT2D eigenvalue weighted by Gasteiger charge is -2.12. The summed E-state index contributed by atoms with van der Waals surface area (Å²) in [6.45, 7) is 10.5. The summed E-state index contributed by atoms with van der Waals surface area (Å²) in [5.74, 6) is 0.131. The Balaban J connectivity index is 0. The van der Waals surface area contributed by atoms with Gasteiger partial charge in [0.1, 0.15) is 5.75 Å². The van der Waals surface area contributed by atoms with Gasteiger partial charge >= 0.3 is 0 Å². The lowest BCUT2D eigenvalue weighted by molar-refractivity contribution is 0.318. The standard InChI is InChI=1S/C16H20N2O4S.C4H10.C2H6.CH5N/c1-12-4-2-5-13(10-12)18-14-6-7-15(17)16(11-14)22-8-3-9-23(19,20)21;1-3-4-2;2*1-2/h2,4-7,10-11,18H,3,8-9,17H2,1H3,(H,19,20,21);3-4H2,1-2H3;1-2H3;2H2,1H3. The van der Waals surface area contributed by atoms with Crippen molar-refractivity contribution < 1.29 is 17.7 Å². The van der Waals surface area contributed by atoms with Gasteiger partial charge in [0.15, 0.2) is 0 Å². The first-order valence-corrected chi connectivity index (χ1v) is 12.2. The van der Waals surface area contributed by atoms with Crippen LogP contribution >= 0.6 is 0 Å². The minimum absolute atomic E-state index is 0.151. The van der Waals surface area contributed by atoms with E-state index in [1.54, 1.807) is 12.1 Å². The van der Waals surface area contributed by atoms with Crippen molar-refractivity contribution in [3.05, 3.63) is 48.0 Å². The average Bonchev–Trinajstić information content (AvgIpc) is 2.75. The third-order valence-electron chi connectivity index (χ3n) is 3.62. The number of nitrogen functional groups attached to an aromatic ring is 1. The van der Waals surface area contributed by atoms with Gasteiger partial charge in [0.2, 0.25) is 0 Å². The van der Waals surface area contributed by atoms with Crippen LogP contribution in [-0.4, -0.2) is 32.4 Å². The van der Waals surface area contributed by atoms with Gasteiger partial charge in [-0.1, -0.05) is 52.7 Å². The predicted octanol–water partition coefficient (Wildman–Crippen LogP) is 5.39. The van der Waals surface area contributed by atoms with Crippen LogP contribution in [0.5, 0.6) is 5.75 Å². The Morgan fingerprint density at radius 3 is 2.10 bits per heavy atom. The van der Waals surface area contributed by atoms with Crippen molar-refractivity contribution >= 4 is 27.2 Å². The fourth-order valence-electron chi connectivity index (χ4n) is 2.05. The zero-order valence-corrected chi connectivity index (χ0v) is 20.6. The first kappa shape index (κ1) is 30.9. The van der Waals surface area contributed by atoms with Gasteiger partial charge in [-0.2, -0.15) is 8.42 Å². The number of hydrogen-bond acceptors (Lipinski definition) is 6. The van der Waals surface area contributed by atoms with Gasteiger partial charge in [-0.15, -0.1) is 0 Å². The lowest BCUT2D eigenvalue weighted by Crippen LogP contribution is -2.09. The molecule has 0 aliphatic rings. The van der Waals surface area contributed by atoms with E-state index in [0.717, 1.165) is 16.9 Å². The number of unbranched alkanes of at least 4 members (excludes halogenated alkanes) is 1. The molecule has 0 heterocycles. The minimum Gasteiger partial charge on any atom is -0.491 e. The highest BCUT2D eigenvalue weighted by atomic mass is 32.2. The summed E-state index contributed by atoms with van der Waals surface area (Å²) < 4.78 is 35.5. The molecule has 31 heavy (non-hydrogen) atoms. The van der Waals surface area contributed by atoms with Crippen LogP contribution < -0.4 is 21.5 Å². The fraction of sp³-hybridized carbons (Fsp3) is 0.478. The molecule has 7 nitrogen and oxygen atoms in total. The van der Waals surface area contributed by atoms with E-state index < -0.39 is 10.1 Å². The van der Waals surface area contributed by atoms with Crippen LogP contribution in [0, 0.1) is 6.92 Å². The molecule has 0 amide bonds. The molecule has 0 saturated carbocycles. The Labute approximate surface area is 188 Å². The molecular weight excluding hydrogens is 414 g/mol. The number of nitrogens with one attached hydrogen (secondary N) is 1. The Bertz CT molecular complexity index is 810. The van der Waals surface area contributed by atoms with Crippen molar-refractivity contribution in [2.75, 3.05) is 30.5 Å². The summed E-state index contributed by atoms with van der Waals surface area (Å²) >= 11 is 0. The Morgan fingerprint density at radius 1 is 1.00 bits per heavy atom. The quantitative estimate of drug-likeness (QED) is 0.239. The van der Waals surface area contributed by atoms with Gasteiger partial charge in [-0.3, -0.25) is 4.55 Å². The second-order valence-electron chi connectivity index (χ2n) is 6.24. The van der Waals surface area contributed by atoms with Gasteiger partial charge < -0.3 is 21.5 Å². The average molecular weight is 456 g/mol. The van der Waals surface area contributed by atoms with Crippen LogP contribution in [0.15, 0.2) is 42.5 Å². The van der Waals surface area contributed by atoms with E-state index in [0.29, 0.717) is 11.4 Å². The number of anilines is 3. The zero-order valence-electron chi connectivity index (χ0n) is 19.8. The Kier molecular flexibility index (Phi) is 18.4. The maximum atomic E-state index is 10.7. The number of rotatable bonds is 8. The molecule has 178 valence electrons. The molecule has 2 aromatic carbocycles. The van der Waals surface area contributed by atoms with Crippen molar-refractivity contribution in [1.29, 1.82) is 0 Å². The molecule has 0 unspecified atom stereocenters. The van der Waals surface area contributed by atoms with Crippen molar-refractivity contribution in [3.8, 4) is 5.75 Å². The second-order valence-corrected chi connectivity index (χ2v) is 7.81. The molecule has 6 N–H and O–H groups in total. The predicted molar refractivity (Wildman–Crippen MR) is 134 cm³/mol. The highest BCUT2D eigenvalue weighted by Gasteiger charge is 2.06. The normalized spacial score (nSPS) is 9.68. The summed E-state index contributed by atoms with van der Waals surface area (Å²) in [6.07, 6.45) is 2.83. The molecule has 2 aromatic rings. The third kappa shape index (κ3) is 16.1. The van der Waals surface area contributed by atoms with E-state index in [4.69, 9.17) is 15.0 Å². The molecule has 0 fully saturated rings. The minimum atomic E-state index is -3.97. The van der Waals surface area contributed by atoms with Crippen LogP contribution in [0.25, 0.3) is 0 Å². The topological polar surface area (TPSA) is 128 Å². The monoisotopic (exact) mass is 455 g/mol. The fourth-order valence-corrected chi connectivity index (χ4v) is 2.53. The van der Waals surface area contributed by atoms with Crippen LogP contribution in [0.2, 0.25) is 0 Å². The molecule has 0 saturated heterocycles. The largest absolute Gasteiger partial charge is 0.491 e. The number of ether oxygens (including phenoxy) is 1. The number of aryl methyl sites for hydroxylation is 1. The molecule has 8 heteroatoms. The van der Waals surface area contributed by atoms with E-state index in [1.165, 1.54) is 19.9 Å². The van der Waals surface area contributed by atoms with E-state index in [-0.39, 0.29) is 18.8 Å². The van der Waals surface area contributed by atoms with Crippen molar-refractivity contribution in [2.24, 2.45) is 5.73 Å². The van der Waals surface area contributed by atoms with E-state index in [1.807, 2.05) is 51.1 Å². The Hall–Kier alpha value is -2.29.